The summed E-state index contributed by atoms with van der Waals surface area (Å²) in [5, 5.41) is 9.39. The van der Waals surface area contributed by atoms with Gasteiger partial charge in [0.15, 0.2) is 5.60 Å². The second-order valence-electron chi connectivity index (χ2n) is 7.05. The Morgan fingerprint density at radius 2 is 1.73 bits per heavy atom. The molecule has 2 aromatic rings. The quantitative estimate of drug-likeness (QED) is 0.892. The molecule has 1 atom stereocenters. The average Bonchev–Trinajstić information content (AvgIpc) is 3.11. The molecule has 0 aliphatic carbocycles. The van der Waals surface area contributed by atoms with E-state index in [2.05, 4.69) is 0 Å². The first kappa shape index (κ1) is 18.0. The molecule has 1 heterocycles. The highest BCUT2D eigenvalue weighted by molar-refractivity contribution is 5.90. The number of amides is 1. The number of carbonyl (C=O) groups excluding carboxylic acids is 1. The van der Waals surface area contributed by atoms with Gasteiger partial charge in [-0.2, -0.15) is 0 Å². The molecule has 1 unspecified atom stereocenters. The maximum atomic E-state index is 13.0. The van der Waals surface area contributed by atoms with Crippen LogP contribution in [0.2, 0.25) is 0 Å². The van der Waals surface area contributed by atoms with Crippen molar-refractivity contribution in [2.75, 3.05) is 13.1 Å². The molecule has 26 heavy (non-hydrogen) atoms. The number of hydrogen-bond acceptors (Lipinski definition) is 3. The number of aromatic carboxylic acids is 1. The van der Waals surface area contributed by atoms with E-state index < -0.39 is 11.6 Å². The van der Waals surface area contributed by atoms with Gasteiger partial charge in [0.25, 0.3) is 5.91 Å². The lowest BCUT2D eigenvalue weighted by Gasteiger charge is -2.30. The fourth-order valence-corrected chi connectivity index (χ4v) is 3.45. The van der Waals surface area contributed by atoms with Crippen LogP contribution in [0.3, 0.4) is 0 Å². The lowest BCUT2D eigenvalue weighted by atomic mass is 9.93. The first-order chi connectivity index (χ1) is 12.4. The van der Waals surface area contributed by atoms with Gasteiger partial charge < -0.3 is 14.7 Å². The second kappa shape index (κ2) is 7.20. The van der Waals surface area contributed by atoms with Crippen LogP contribution >= 0.6 is 0 Å². The van der Waals surface area contributed by atoms with Gasteiger partial charge in [-0.15, -0.1) is 0 Å². The minimum absolute atomic E-state index is 0.0266. The van der Waals surface area contributed by atoms with Gasteiger partial charge in [0.2, 0.25) is 0 Å². The molecule has 2 aromatic carbocycles. The Hall–Kier alpha value is -2.82. The Kier molecular flexibility index (Phi) is 4.98. The summed E-state index contributed by atoms with van der Waals surface area (Å²) in [6, 6.07) is 16.3. The van der Waals surface area contributed by atoms with Crippen molar-refractivity contribution in [3.63, 3.8) is 0 Å². The van der Waals surface area contributed by atoms with Crippen LogP contribution in [0, 0.1) is 0 Å². The van der Waals surface area contributed by atoms with Crippen molar-refractivity contribution < 1.29 is 19.4 Å². The smallest absolute Gasteiger partial charge is 0.335 e. The molecule has 1 N–H and O–H groups in total. The van der Waals surface area contributed by atoms with Crippen LogP contribution in [0.4, 0.5) is 0 Å². The van der Waals surface area contributed by atoms with Crippen LogP contribution < -0.4 is 4.74 Å². The van der Waals surface area contributed by atoms with Gasteiger partial charge >= 0.3 is 5.97 Å². The van der Waals surface area contributed by atoms with E-state index >= 15 is 0 Å². The fourth-order valence-electron chi connectivity index (χ4n) is 3.45. The highest BCUT2D eigenvalue weighted by Gasteiger charge is 2.38. The number of benzene rings is 2. The van der Waals surface area contributed by atoms with Crippen molar-refractivity contribution in [2.24, 2.45) is 0 Å². The van der Waals surface area contributed by atoms with E-state index in [4.69, 9.17) is 4.74 Å². The number of ether oxygens (including phenoxy) is 1. The minimum atomic E-state index is -0.984. The number of carboxylic acid groups (broad SMARTS) is 1. The molecule has 0 bridgehead atoms. The molecule has 0 aromatic heterocycles. The maximum Gasteiger partial charge on any atom is 0.335 e. The van der Waals surface area contributed by atoms with Crippen molar-refractivity contribution in [3.8, 4) is 5.75 Å². The molecule has 5 nitrogen and oxygen atoms in total. The molecule has 1 fully saturated rings. The third kappa shape index (κ3) is 3.72. The van der Waals surface area contributed by atoms with Crippen molar-refractivity contribution in [3.05, 3.63) is 65.7 Å². The summed E-state index contributed by atoms with van der Waals surface area (Å²) < 4.78 is 5.89. The summed E-state index contributed by atoms with van der Waals surface area (Å²) in [4.78, 5) is 26.2. The molecule has 1 amide bonds. The zero-order valence-corrected chi connectivity index (χ0v) is 15.0. The first-order valence-corrected chi connectivity index (χ1v) is 8.74. The van der Waals surface area contributed by atoms with Crippen LogP contribution in [-0.2, 0) is 4.79 Å². The minimum Gasteiger partial charge on any atom is -0.478 e. The summed E-state index contributed by atoms with van der Waals surface area (Å²) in [6.45, 7) is 4.63. The normalized spacial score (nSPS) is 17.2. The summed E-state index contributed by atoms with van der Waals surface area (Å²) >= 11 is 0. The van der Waals surface area contributed by atoms with Crippen molar-refractivity contribution in [1.29, 1.82) is 0 Å². The molecule has 1 saturated heterocycles. The lowest BCUT2D eigenvalue weighted by Crippen LogP contribution is -2.48. The molecule has 3 rings (SSSR count). The number of nitrogens with zero attached hydrogens (tertiary/aromatic N) is 1. The van der Waals surface area contributed by atoms with Gasteiger partial charge in [-0.3, -0.25) is 4.79 Å². The molecule has 5 heteroatoms. The number of likely N-dealkylation sites (tertiary alicyclic amines) is 1. The first-order valence-electron chi connectivity index (χ1n) is 8.74. The van der Waals surface area contributed by atoms with E-state index in [9.17, 15) is 14.7 Å². The number of carboxylic acids is 1. The topological polar surface area (TPSA) is 66.8 Å². The highest BCUT2D eigenvalue weighted by atomic mass is 16.5. The molecular formula is C21H23NO4. The van der Waals surface area contributed by atoms with Gasteiger partial charge in [-0.05, 0) is 44.0 Å². The summed E-state index contributed by atoms with van der Waals surface area (Å²) in [5.41, 5.74) is 0.117. The van der Waals surface area contributed by atoms with Gasteiger partial charge in [-0.25, -0.2) is 4.79 Å². The number of para-hydroxylation sites is 1. The Morgan fingerprint density at radius 1 is 1.08 bits per heavy atom. The van der Waals surface area contributed by atoms with Crippen molar-refractivity contribution in [2.45, 2.75) is 31.8 Å². The third-order valence-electron chi connectivity index (χ3n) is 4.74. The van der Waals surface area contributed by atoms with Crippen LogP contribution in [0.5, 0.6) is 5.75 Å². The molecule has 0 saturated carbocycles. The molecule has 0 spiro atoms. The van der Waals surface area contributed by atoms with Crippen molar-refractivity contribution >= 4 is 11.9 Å². The molecule has 1 aliphatic rings. The predicted molar refractivity (Wildman–Crippen MR) is 98.5 cm³/mol. The van der Waals surface area contributed by atoms with E-state index in [-0.39, 0.29) is 11.8 Å². The molecular weight excluding hydrogens is 330 g/mol. The van der Waals surface area contributed by atoms with Crippen LogP contribution in [0.15, 0.2) is 54.6 Å². The standard InChI is InChI=1S/C21H23NO4/c1-21(2,26-16-8-4-3-5-9-16)20(25)22-13-12-15(14-22)17-10-6-7-11-18(17)19(23)24/h3-11,15H,12-14H2,1-2H3,(H,23,24). The zero-order chi connectivity index (χ0) is 18.7. The van der Waals surface area contributed by atoms with Crippen molar-refractivity contribution in [1.82, 2.24) is 4.90 Å². The van der Waals surface area contributed by atoms with Crippen LogP contribution in [0.1, 0.15) is 42.1 Å². The zero-order valence-electron chi connectivity index (χ0n) is 15.0. The second-order valence-corrected chi connectivity index (χ2v) is 7.05. The van der Waals surface area contributed by atoms with Crippen LogP contribution in [-0.4, -0.2) is 40.6 Å². The largest absolute Gasteiger partial charge is 0.478 e. The van der Waals surface area contributed by atoms with Crippen LogP contribution in [0.25, 0.3) is 0 Å². The van der Waals surface area contributed by atoms with E-state index in [1.807, 2.05) is 42.5 Å². The average molecular weight is 353 g/mol. The van der Waals surface area contributed by atoms with Gasteiger partial charge in [-0.1, -0.05) is 36.4 Å². The SMILES string of the molecule is CC(C)(Oc1ccccc1)C(=O)N1CCC(c2ccccc2C(=O)O)C1. The monoisotopic (exact) mass is 353 g/mol. The Morgan fingerprint density at radius 3 is 2.42 bits per heavy atom. The highest BCUT2D eigenvalue weighted by Crippen LogP contribution is 2.31. The number of hydrogen-bond donors (Lipinski definition) is 1. The number of carbonyl (C=O) groups is 2. The lowest BCUT2D eigenvalue weighted by molar-refractivity contribution is -0.144. The summed E-state index contributed by atoms with van der Waals surface area (Å²) in [5.74, 6) is -0.341. The van der Waals surface area contributed by atoms with E-state index in [1.54, 1.807) is 30.9 Å². The predicted octanol–water partition coefficient (Wildman–Crippen LogP) is 3.56. The molecule has 0 radical (unpaired) electrons. The van der Waals surface area contributed by atoms with Gasteiger partial charge in [0.05, 0.1) is 5.56 Å². The Labute approximate surface area is 153 Å². The van der Waals surface area contributed by atoms with Gasteiger partial charge in [0, 0.05) is 19.0 Å². The molecule has 1 aliphatic heterocycles. The van der Waals surface area contributed by atoms with E-state index in [1.165, 1.54) is 0 Å². The Bertz CT molecular complexity index is 801. The third-order valence-corrected chi connectivity index (χ3v) is 4.74. The number of rotatable bonds is 5. The summed E-state index contributed by atoms with van der Waals surface area (Å²) in [7, 11) is 0. The van der Waals surface area contributed by atoms with E-state index in [0.29, 0.717) is 24.4 Å². The fraction of sp³-hybridized carbons (Fsp3) is 0.333. The molecule has 136 valence electrons. The maximum absolute atomic E-state index is 13.0. The summed E-state index contributed by atoms with van der Waals surface area (Å²) in [6.07, 6.45) is 0.747. The Balaban J connectivity index is 1.72. The van der Waals surface area contributed by atoms with E-state index in [0.717, 1.165) is 12.0 Å². The van der Waals surface area contributed by atoms with Gasteiger partial charge in [0.1, 0.15) is 5.75 Å².